The molecule has 0 amide bonds. The Morgan fingerprint density at radius 3 is 1.93 bits per heavy atom. The molecule has 4 rings (SSSR count). The fourth-order valence-electron chi connectivity index (χ4n) is 4.16. The first-order chi connectivity index (χ1) is 13.7. The van der Waals surface area contributed by atoms with E-state index < -0.39 is 0 Å². The highest BCUT2D eigenvalue weighted by Crippen LogP contribution is 2.33. The zero-order chi connectivity index (χ0) is 19.3. The summed E-state index contributed by atoms with van der Waals surface area (Å²) in [6.45, 7) is 7.74. The van der Waals surface area contributed by atoms with Crippen LogP contribution in [0.15, 0.2) is 24.3 Å². The fourth-order valence-corrected chi connectivity index (χ4v) is 4.16. The second-order valence-electron chi connectivity index (χ2n) is 8.08. The van der Waals surface area contributed by atoms with Gasteiger partial charge in [0.2, 0.25) is 0 Å². The van der Waals surface area contributed by atoms with Crippen molar-refractivity contribution >= 4 is 22.7 Å². The molecule has 1 aromatic carbocycles. The van der Waals surface area contributed by atoms with Gasteiger partial charge in [-0.3, -0.25) is 0 Å². The van der Waals surface area contributed by atoms with E-state index in [2.05, 4.69) is 28.9 Å². The molecule has 0 bridgehead atoms. The van der Waals surface area contributed by atoms with Crippen molar-refractivity contribution in [2.45, 2.75) is 38.7 Å². The van der Waals surface area contributed by atoms with E-state index in [1.165, 1.54) is 12.8 Å². The predicted octanol–water partition coefficient (Wildman–Crippen LogP) is 3.50. The Balaban J connectivity index is 1.54. The minimum absolute atomic E-state index is 0.319. The van der Waals surface area contributed by atoms with Crippen LogP contribution in [-0.2, 0) is 9.47 Å². The maximum absolute atomic E-state index is 5.94. The Bertz CT molecular complexity index is 768. The normalized spacial score (nSPS) is 19.5. The number of fused-ring (bicyclic) bond motifs is 1. The summed E-state index contributed by atoms with van der Waals surface area (Å²) in [5.41, 5.74) is 1.96. The number of hydrogen-bond acceptors (Lipinski definition) is 6. The van der Waals surface area contributed by atoms with Gasteiger partial charge in [-0.1, -0.05) is 19.1 Å². The quantitative estimate of drug-likeness (QED) is 0.711. The number of para-hydroxylation sites is 2. The second kappa shape index (κ2) is 9.05. The molecule has 28 heavy (non-hydrogen) atoms. The molecule has 0 atom stereocenters. The molecule has 2 aliphatic rings. The molecular formula is C22H32N4O2. The molecule has 2 aromatic rings. The zero-order valence-electron chi connectivity index (χ0n) is 17.1. The number of methoxy groups -OCH3 is 1. The molecule has 2 saturated heterocycles. The van der Waals surface area contributed by atoms with Gasteiger partial charge < -0.3 is 19.3 Å². The molecule has 1 aromatic heterocycles. The Hall–Kier alpha value is -1.92. The third-order valence-corrected chi connectivity index (χ3v) is 6.00. The Morgan fingerprint density at radius 1 is 0.857 bits per heavy atom. The summed E-state index contributed by atoms with van der Waals surface area (Å²) in [6.07, 6.45) is 4.81. The molecular weight excluding hydrogens is 352 g/mol. The van der Waals surface area contributed by atoms with E-state index in [-0.39, 0.29) is 0 Å². The number of anilines is 2. The first-order valence-electron chi connectivity index (χ1n) is 10.6. The van der Waals surface area contributed by atoms with Gasteiger partial charge in [-0.05, 0) is 43.7 Å². The van der Waals surface area contributed by atoms with Crippen molar-refractivity contribution in [1.82, 2.24) is 9.97 Å². The number of nitrogens with zero attached hydrogens (tertiary/aromatic N) is 4. The second-order valence-corrected chi connectivity index (χ2v) is 8.08. The first-order valence-corrected chi connectivity index (χ1v) is 10.6. The topological polar surface area (TPSA) is 50.7 Å². The summed E-state index contributed by atoms with van der Waals surface area (Å²) in [5, 5.41) is 0. The van der Waals surface area contributed by atoms with Crippen molar-refractivity contribution in [3.8, 4) is 0 Å². The lowest BCUT2D eigenvalue weighted by Gasteiger charge is -2.37. The molecule has 0 aliphatic carbocycles. The standard InChI is InChI=1S/C22H32N4O2/c1-17-7-11-25(12-8-17)21-22(24-20-6-4-3-5-19(20)23-21)26-13-9-18(10-14-26)28-16-15-27-2/h3-6,17-18H,7-16H2,1-2H3. The van der Waals surface area contributed by atoms with Crippen LogP contribution < -0.4 is 9.80 Å². The third kappa shape index (κ3) is 4.39. The Morgan fingerprint density at radius 2 is 1.39 bits per heavy atom. The number of rotatable bonds is 6. The average Bonchev–Trinajstić information content (AvgIpc) is 2.74. The van der Waals surface area contributed by atoms with Gasteiger partial charge in [0, 0.05) is 33.3 Å². The minimum Gasteiger partial charge on any atom is -0.382 e. The van der Waals surface area contributed by atoms with Crippen LogP contribution in [0.2, 0.25) is 0 Å². The maximum Gasteiger partial charge on any atom is 0.172 e. The van der Waals surface area contributed by atoms with Crippen molar-refractivity contribution < 1.29 is 9.47 Å². The number of hydrogen-bond donors (Lipinski definition) is 0. The summed E-state index contributed by atoms with van der Waals surface area (Å²) in [5.74, 6) is 2.90. The highest BCUT2D eigenvalue weighted by molar-refractivity contribution is 5.81. The van der Waals surface area contributed by atoms with E-state index in [0.29, 0.717) is 19.3 Å². The molecule has 6 heteroatoms. The van der Waals surface area contributed by atoms with Gasteiger partial charge in [-0.25, -0.2) is 9.97 Å². The largest absolute Gasteiger partial charge is 0.382 e. The van der Waals surface area contributed by atoms with E-state index in [9.17, 15) is 0 Å². The highest BCUT2D eigenvalue weighted by Gasteiger charge is 2.27. The van der Waals surface area contributed by atoms with E-state index in [4.69, 9.17) is 19.4 Å². The summed E-state index contributed by atoms with van der Waals surface area (Å²) in [7, 11) is 1.72. The molecule has 6 nitrogen and oxygen atoms in total. The molecule has 2 aliphatic heterocycles. The lowest BCUT2D eigenvalue weighted by atomic mass is 9.99. The molecule has 0 N–H and O–H groups in total. The summed E-state index contributed by atoms with van der Waals surface area (Å²) in [6, 6.07) is 8.22. The number of aromatic nitrogens is 2. The SMILES string of the molecule is COCCOC1CCN(c2nc3ccccc3nc2N2CCC(C)CC2)CC1. The number of piperidine rings is 2. The van der Waals surface area contributed by atoms with Crippen LogP contribution in [0.4, 0.5) is 11.6 Å². The molecule has 3 heterocycles. The average molecular weight is 385 g/mol. The van der Waals surface area contributed by atoms with Crippen LogP contribution in [0, 0.1) is 5.92 Å². The molecule has 152 valence electrons. The van der Waals surface area contributed by atoms with Gasteiger partial charge in [0.1, 0.15) is 0 Å². The van der Waals surface area contributed by atoms with Crippen molar-refractivity contribution in [3.05, 3.63) is 24.3 Å². The maximum atomic E-state index is 5.94. The smallest absolute Gasteiger partial charge is 0.172 e. The van der Waals surface area contributed by atoms with Gasteiger partial charge in [-0.15, -0.1) is 0 Å². The molecule has 2 fully saturated rings. The summed E-state index contributed by atoms with van der Waals surface area (Å²) >= 11 is 0. The minimum atomic E-state index is 0.319. The van der Waals surface area contributed by atoms with Crippen LogP contribution in [0.5, 0.6) is 0 Å². The molecule has 0 unspecified atom stereocenters. The monoisotopic (exact) mass is 384 g/mol. The van der Waals surface area contributed by atoms with Crippen LogP contribution in [0.3, 0.4) is 0 Å². The first kappa shape index (κ1) is 19.4. The zero-order valence-corrected chi connectivity index (χ0v) is 17.1. The van der Waals surface area contributed by atoms with Gasteiger partial charge >= 0.3 is 0 Å². The van der Waals surface area contributed by atoms with E-state index in [0.717, 1.165) is 67.6 Å². The highest BCUT2D eigenvalue weighted by atomic mass is 16.5. The van der Waals surface area contributed by atoms with Gasteiger partial charge in [0.25, 0.3) is 0 Å². The summed E-state index contributed by atoms with van der Waals surface area (Å²) < 4.78 is 11.0. The van der Waals surface area contributed by atoms with Crippen molar-refractivity contribution in [2.75, 3.05) is 56.3 Å². The van der Waals surface area contributed by atoms with Crippen LogP contribution >= 0.6 is 0 Å². The van der Waals surface area contributed by atoms with Crippen LogP contribution in [0.1, 0.15) is 32.6 Å². The molecule has 0 spiro atoms. The van der Waals surface area contributed by atoms with E-state index >= 15 is 0 Å². The Labute approximate surface area is 167 Å². The molecule has 0 saturated carbocycles. The third-order valence-electron chi connectivity index (χ3n) is 6.00. The van der Waals surface area contributed by atoms with Gasteiger partial charge in [0.15, 0.2) is 11.6 Å². The number of benzene rings is 1. The Kier molecular flexibility index (Phi) is 6.27. The predicted molar refractivity (Wildman–Crippen MR) is 113 cm³/mol. The van der Waals surface area contributed by atoms with Crippen LogP contribution in [-0.4, -0.2) is 62.6 Å². The fraction of sp³-hybridized carbons (Fsp3) is 0.636. The van der Waals surface area contributed by atoms with Crippen LogP contribution in [0.25, 0.3) is 11.0 Å². The van der Waals surface area contributed by atoms with Crippen molar-refractivity contribution in [3.63, 3.8) is 0 Å². The van der Waals surface area contributed by atoms with E-state index in [1.807, 2.05) is 12.1 Å². The lowest BCUT2D eigenvalue weighted by molar-refractivity contribution is 0.00605. The number of ether oxygens (including phenoxy) is 2. The summed E-state index contributed by atoms with van der Waals surface area (Å²) in [4.78, 5) is 15.0. The van der Waals surface area contributed by atoms with E-state index in [1.54, 1.807) is 7.11 Å². The van der Waals surface area contributed by atoms with Crippen molar-refractivity contribution in [2.24, 2.45) is 5.92 Å². The van der Waals surface area contributed by atoms with Crippen molar-refractivity contribution in [1.29, 1.82) is 0 Å². The lowest BCUT2D eigenvalue weighted by Crippen LogP contribution is -2.40. The van der Waals surface area contributed by atoms with Gasteiger partial charge in [0.05, 0.1) is 30.4 Å². The molecule has 0 radical (unpaired) electrons. The van der Waals surface area contributed by atoms with Gasteiger partial charge in [-0.2, -0.15) is 0 Å².